The Morgan fingerprint density at radius 2 is 1.78 bits per heavy atom. The number of fused-ring (bicyclic) bond motifs is 1. The van der Waals surface area contributed by atoms with Crippen LogP contribution in [0.25, 0.3) is 21.3 Å². The number of aryl methyl sites for hydroxylation is 2. The van der Waals surface area contributed by atoms with Gasteiger partial charge in [-0.15, -0.1) is 11.3 Å². The highest BCUT2D eigenvalue weighted by molar-refractivity contribution is 7.19. The van der Waals surface area contributed by atoms with Crippen LogP contribution in [0.5, 0.6) is 0 Å². The third kappa shape index (κ3) is 2.92. The van der Waals surface area contributed by atoms with E-state index in [0.29, 0.717) is 16.0 Å². The molecule has 0 fully saturated rings. The summed E-state index contributed by atoms with van der Waals surface area (Å²) >= 11 is 1.46. The number of carbonyl (C=O) groups is 2. The van der Waals surface area contributed by atoms with Crippen LogP contribution in [0.1, 0.15) is 10.7 Å². The Balaban J connectivity index is 1.92. The number of thiophene rings is 1. The smallest absolute Gasteiger partial charge is 0.281 e. The van der Waals surface area contributed by atoms with Gasteiger partial charge in [-0.1, -0.05) is 30.3 Å². The van der Waals surface area contributed by atoms with Crippen molar-refractivity contribution in [3.63, 3.8) is 0 Å². The number of ketones is 2. The van der Waals surface area contributed by atoms with Crippen LogP contribution in [0.15, 0.2) is 59.1 Å². The minimum atomic E-state index is -0.370. The standard InChI is InChI=1S/C20H15N3O3S/c1-11-17(13-6-4-3-5-7-13)18-19(27-11)21-12(2)23(20(18)26)22-15-10-14(24)8-9-16(15)25/h3-10,22H,1-2H3. The van der Waals surface area contributed by atoms with E-state index in [2.05, 4.69) is 10.4 Å². The van der Waals surface area contributed by atoms with Gasteiger partial charge in [0.25, 0.3) is 5.56 Å². The number of carbonyl (C=O) groups excluding carboxylic acids is 2. The number of hydrogen-bond acceptors (Lipinski definition) is 6. The molecule has 3 aromatic rings. The minimum Gasteiger partial charge on any atom is -0.290 e. The average Bonchev–Trinajstić information content (AvgIpc) is 2.98. The number of nitrogens with one attached hydrogen (secondary N) is 1. The van der Waals surface area contributed by atoms with E-state index < -0.39 is 0 Å². The van der Waals surface area contributed by atoms with Crippen LogP contribution >= 0.6 is 11.3 Å². The van der Waals surface area contributed by atoms with E-state index in [1.165, 1.54) is 34.2 Å². The summed E-state index contributed by atoms with van der Waals surface area (Å²) in [7, 11) is 0. The number of allylic oxidation sites excluding steroid dienone is 3. The summed E-state index contributed by atoms with van der Waals surface area (Å²) in [5.41, 5.74) is 4.27. The Hall–Kier alpha value is -3.32. The molecule has 1 aliphatic rings. The van der Waals surface area contributed by atoms with E-state index in [-0.39, 0.29) is 22.8 Å². The molecule has 0 spiro atoms. The second-order valence-electron chi connectivity index (χ2n) is 6.15. The first-order chi connectivity index (χ1) is 13.0. The summed E-state index contributed by atoms with van der Waals surface area (Å²) in [4.78, 5) is 43.0. The van der Waals surface area contributed by atoms with E-state index >= 15 is 0 Å². The van der Waals surface area contributed by atoms with Gasteiger partial charge in [0.15, 0.2) is 5.78 Å². The molecule has 7 heteroatoms. The SMILES string of the molecule is Cc1sc2nc(C)n(NC3=CC(=O)C=CC3=O)c(=O)c2c1-c1ccccc1. The van der Waals surface area contributed by atoms with Crippen molar-refractivity contribution in [1.82, 2.24) is 9.66 Å². The van der Waals surface area contributed by atoms with Crippen molar-refractivity contribution < 1.29 is 9.59 Å². The highest BCUT2D eigenvalue weighted by Gasteiger charge is 2.20. The molecule has 0 amide bonds. The molecule has 0 radical (unpaired) electrons. The molecule has 6 nitrogen and oxygen atoms in total. The van der Waals surface area contributed by atoms with E-state index in [4.69, 9.17) is 0 Å². The molecule has 4 rings (SSSR count). The van der Waals surface area contributed by atoms with Gasteiger partial charge in [-0.3, -0.25) is 19.8 Å². The normalized spacial score (nSPS) is 13.9. The van der Waals surface area contributed by atoms with Gasteiger partial charge < -0.3 is 0 Å². The highest BCUT2D eigenvalue weighted by atomic mass is 32.1. The molecule has 0 unspecified atom stereocenters. The summed E-state index contributed by atoms with van der Waals surface area (Å²) in [6, 6.07) is 9.64. The number of rotatable bonds is 3. The summed E-state index contributed by atoms with van der Waals surface area (Å²) in [5.74, 6) is -0.275. The van der Waals surface area contributed by atoms with Gasteiger partial charge in [0.05, 0.1) is 5.39 Å². The second kappa shape index (κ2) is 6.44. The molecule has 0 bridgehead atoms. The molecule has 1 N–H and O–H groups in total. The molecule has 0 atom stereocenters. The third-order valence-corrected chi connectivity index (χ3v) is 5.31. The van der Waals surface area contributed by atoms with Crippen molar-refractivity contribution >= 4 is 33.1 Å². The summed E-state index contributed by atoms with van der Waals surface area (Å²) in [5, 5.41) is 0.493. The van der Waals surface area contributed by atoms with Crippen LogP contribution in [0.2, 0.25) is 0 Å². The van der Waals surface area contributed by atoms with E-state index in [9.17, 15) is 14.4 Å². The van der Waals surface area contributed by atoms with Crippen molar-refractivity contribution in [2.45, 2.75) is 13.8 Å². The monoisotopic (exact) mass is 377 g/mol. The Morgan fingerprint density at radius 3 is 2.52 bits per heavy atom. The van der Waals surface area contributed by atoms with Gasteiger partial charge in [-0.25, -0.2) is 9.66 Å². The zero-order chi connectivity index (χ0) is 19.1. The Kier molecular flexibility index (Phi) is 4.08. The molecule has 0 saturated carbocycles. The molecule has 1 aromatic carbocycles. The average molecular weight is 377 g/mol. The lowest BCUT2D eigenvalue weighted by Crippen LogP contribution is -2.34. The lowest BCUT2D eigenvalue weighted by atomic mass is 10.0. The van der Waals surface area contributed by atoms with Crippen molar-refractivity contribution in [3.8, 4) is 11.1 Å². The minimum absolute atomic E-state index is 0.0436. The Morgan fingerprint density at radius 1 is 1.04 bits per heavy atom. The van der Waals surface area contributed by atoms with Crippen LogP contribution in [0, 0.1) is 13.8 Å². The molecule has 1 aliphatic carbocycles. The van der Waals surface area contributed by atoms with E-state index in [1.54, 1.807) is 6.92 Å². The number of aromatic nitrogens is 2. The number of benzene rings is 1. The van der Waals surface area contributed by atoms with Gasteiger partial charge in [-0.05, 0) is 31.6 Å². The van der Waals surface area contributed by atoms with Crippen LogP contribution < -0.4 is 11.0 Å². The summed E-state index contributed by atoms with van der Waals surface area (Å²) in [6.45, 7) is 3.63. The fourth-order valence-electron chi connectivity index (χ4n) is 3.06. The Bertz CT molecular complexity index is 1220. The largest absolute Gasteiger partial charge is 0.290 e. The molecule has 0 saturated heterocycles. The van der Waals surface area contributed by atoms with Crippen molar-refractivity contribution in [1.29, 1.82) is 0 Å². The third-order valence-electron chi connectivity index (χ3n) is 4.32. The fraction of sp³-hybridized carbons (Fsp3) is 0.100. The molecular weight excluding hydrogens is 362 g/mol. The van der Waals surface area contributed by atoms with Crippen molar-refractivity contribution in [3.05, 3.63) is 75.3 Å². The van der Waals surface area contributed by atoms with Crippen LogP contribution in [-0.2, 0) is 9.59 Å². The van der Waals surface area contributed by atoms with E-state index in [0.717, 1.165) is 16.0 Å². The molecule has 2 aromatic heterocycles. The van der Waals surface area contributed by atoms with Gasteiger partial charge in [0.2, 0.25) is 5.78 Å². The molecule has 2 heterocycles. The molecule has 134 valence electrons. The van der Waals surface area contributed by atoms with Crippen LogP contribution in [-0.4, -0.2) is 21.2 Å². The maximum atomic E-state index is 13.2. The van der Waals surface area contributed by atoms with Crippen molar-refractivity contribution in [2.75, 3.05) is 5.43 Å². The molecule has 27 heavy (non-hydrogen) atoms. The van der Waals surface area contributed by atoms with E-state index in [1.807, 2.05) is 37.3 Å². The zero-order valence-corrected chi connectivity index (χ0v) is 15.5. The lowest BCUT2D eigenvalue weighted by Gasteiger charge is -2.15. The number of nitrogens with zero attached hydrogens (tertiary/aromatic N) is 2. The first kappa shape index (κ1) is 17.1. The summed E-state index contributed by atoms with van der Waals surface area (Å²) in [6.07, 6.45) is 3.55. The van der Waals surface area contributed by atoms with Gasteiger partial charge in [-0.2, -0.15) is 0 Å². The lowest BCUT2D eigenvalue weighted by molar-refractivity contribution is -0.114. The zero-order valence-electron chi connectivity index (χ0n) is 14.6. The number of hydrogen-bond donors (Lipinski definition) is 1. The highest BCUT2D eigenvalue weighted by Crippen LogP contribution is 2.35. The van der Waals surface area contributed by atoms with Crippen LogP contribution in [0.4, 0.5) is 0 Å². The maximum Gasteiger partial charge on any atom is 0.281 e. The van der Waals surface area contributed by atoms with Crippen molar-refractivity contribution in [2.24, 2.45) is 0 Å². The first-order valence-electron chi connectivity index (χ1n) is 8.29. The quantitative estimate of drug-likeness (QED) is 0.710. The fourth-order valence-corrected chi connectivity index (χ4v) is 4.15. The van der Waals surface area contributed by atoms with Gasteiger partial charge >= 0.3 is 0 Å². The molecule has 0 aliphatic heterocycles. The molecular formula is C20H15N3O3S. The predicted octanol–water partition coefficient (Wildman–Crippen LogP) is 2.88. The van der Waals surface area contributed by atoms with Gasteiger partial charge in [0.1, 0.15) is 16.4 Å². The maximum absolute atomic E-state index is 13.2. The van der Waals surface area contributed by atoms with Gasteiger partial charge in [0, 0.05) is 16.5 Å². The predicted molar refractivity (Wildman–Crippen MR) is 105 cm³/mol. The van der Waals surface area contributed by atoms with Crippen LogP contribution in [0.3, 0.4) is 0 Å². The first-order valence-corrected chi connectivity index (χ1v) is 9.10. The topological polar surface area (TPSA) is 81.1 Å². The summed E-state index contributed by atoms with van der Waals surface area (Å²) < 4.78 is 1.22. The second-order valence-corrected chi connectivity index (χ2v) is 7.35. The Labute approximate surface area is 158 Å².